The van der Waals surface area contributed by atoms with Gasteiger partial charge in [0.15, 0.2) is 17.7 Å². The minimum absolute atomic E-state index is 0.106. The van der Waals surface area contributed by atoms with Crippen molar-refractivity contribution in [2.24, 2.45) is 0 Å². The summed E-state index contributed by atoms with van der Waals surface area (Å²) in [5, 5.41) is 29.2. The van der Waals surface area contributed by atoms with Crippen molar-refractivity contribution in [1.29, 1.82) is 0 Å². The van der Waals surface area contributed by atoms with Gasteiger partial charge in [-0.25, -0.2) is 15.0 Å². The number of hydrogen-bond acceptors (Lipinski definition) is 9. The maximum atomic E-state index is 10.5. The summed E-state index contributed by atoms with van der Waals surface area (Å²) in [5.74, 6) is 0.471. The topological polar surface area (TPSA) is 157 Å². The van der Waals surface area contributed by atoms with Crippen molar-refractivity contribution in [2.75, 3.05) is 17.2 Å². The van der Waals surface area contributed by atoms with Gasteiger partial charge < -0.3 is 25.8 Å². The van der Waals surface area contributed by atoms with Crippen LogP contribution in [0.5, 0.6) is 0 Å². The molecule has 2 aromatic rings. The summed E-state index contributed by atoms with van der Waals surface area (Å²) in [5.41, 5.74) is 6.57. The predicted octanol–water partition coefficient (Wildman–Crippen LogP) is -0.374. The van der Waals surface area contributed by atoms with Crippen LogP contribution in [0.15, 0.2) is 12.7 Å². The molecule has 5 N–H and O–H groups in total. The molecule has 0 unspecified atom stereocenters. The highest BCUT2D eigenvalue weighted by Crippen LogP contribution is 2.33. The lowest BCUT2D eigenvalue weighted by molar-refractivity contribution is -0.137. The number of carboxylic acid groups (broad SMARTS) is 1. The Kier molecular flexibility index (Phi) is 5.37. The number of carboxylic acids is 1. The van der Waals surface area contributed by atoms with Gasteiger partial charge >= 0.3 is 5.97 Å². The molecule has 0 aromatic carbocycles. The smallest absolute Gasteiger partial charge is 0.303 e. The van der Waals surface area contributed by atoms with Gasteiger partial charge in [-0.3, -0.25) is 9.36 Å². The SMILES string of the molecule is Nc1ncnc2c1ncn2[C@@H]1O[C@H](CSCCCC(=O)O)[C@@H](O)[C@H]1O. The number of aliphatic hydroxyl groups excluding tert-OH is 2. The largest absolute Gasteiger partial charge is 0.481 e. The number of carbonyl (C=O) groups is 1. The molecule has 4 atom stereocenters. The summed E-state index contributed by atoms with van der Waals surface area (Å²) in [4.78, 5) is 22.6. The van der Waals surface area contributed by atoms with Crippen LogP contribution >= 0.6 is 11.8 Å². The lowest BCUT2D eigenvalue weighted by Crippen LogP contribution is -2.32. The molecule has 25 heavy (non-hydrogen) atoms. The number of hydrogen-bond donors (Lipinski definition) is 4. The van der Waals surface area contributed by atoms with E-state index in [4.69, 9.17) is 15.6 Å². The molecule has 1 aliphatic rings. The number of aliphatic hydroxyl groups is 2. The van der Waals surface area contributed by atoms with Crippen LogP contribution in [0.4, 0.5) is 5.82 Å². The first-order chi connectivity index (χ1) is 12.0. The van der Waals surface area contributed by atoms with Crippen molar-refractivity contribution in [3.63, 3.8) is 0 Å². The van der Waals surface area contributed by atoms with Crippen LogP contribution in [-0.4, -0.2) is 70.6 Å². The Bertz CT molecular complexity index is 756. The number of ether oxygens (including phenoxy) is 1. The average Bonchev–Trinajstić information content (AvgIpc) is 3.11. The maximum absolute atomic E-state index is 10.5. The molecule has 0 radical (unpaired) electrons. The number of imidazole rings is 1. The highest BCUT2D eigenvalue weighted by atomic mass is 32.2. The monoisotopic (exact) mass is 369 g/mol. The first-order valence-corrected chi connectivity index (χ1v) is 8.88. The fourth-order valence-electron chi connectivity index (χ4n) is 2.68. The van der Waals surface area contributed by atoms with Gasteiger partial charge in [0.1, 0.15) is 24.1 Å². The molecule has 11 heteroatoms. The van der Waals surface area contributed by atoms with Gasteiger partial charge in [-0.2, -0.15) is 11.8 Å². The van der Waals surface area contributed by atoms with Gasteiger partial charge in [0, 0.05) is 12.2 Å². The van der Waals surface area contributed by atoms with Crippen molar-refractivity contribution in [1.82, 2.24) is 19.5 Å². The zero-order valence-corrected chi connectivity index (χ0v) is 14.0. The van der Waals surface area contributed by atoms with E-state index in [0.29, 0.717) is 29.1 Å². The second kappa shape index (κ2) is 7.52. The number of thioether (sulfide) groups is 1. The fraction of sp³-hybridized carbons (Fsp3) is 0.571. The molecule has 0 saturated carbocycles. The minimum Gasteiger partial charge on any atom is -0.481 e. The molecule has 0 amide bonds. The summed E-state index contributed by atoms with van der Waals surface area (Å²) in [6, 6.07) is 0. The van der Waals surface area contributed by atoms with Crippen LogP contribution in [0, 0.1) is 0 Å². The molecule has 1 aliphatic heterocycles. The number of nitrogen functional groups attached to an aromatic ring is 1. The van der Waals surface area contributed by atoms with E-state index in [1.54, 1.807) is 0 Å². The lowest BCUT2D eigenvalue weighted by Gasteiger charge is -2.16. The van der Waals surface area contributed by atoms with E-state index in [9.17, 15) is 15.0 Å². The molecular formula is C14H19N5O5S. The Balaban J connectivity index is 1.65. The summed E-state index contributed by atoms with van der Waals surface area (Å²) in [6.45, 7) is 0. The van der Waals surface area contributed by atoms with Crippen molar-refractivity contribution in [3.05, 3.63) is 12.7 Å². The Hall–Kier alpha value is -1.95. The van der Waals surface area contributed by atoms with Gasteiger partial charge in [0.2, 0.25) is 0 Å². The molecule has 136 valence electrons. The van der Waals surface area contributed by atoms with Crippen LogP contribution in [0.3, 0.4) is 0 Å². The Labute approximate surface area is 147 Å². The second-order valence-electron chi connectivity index (χ2n) is 5.70. The predicted molar refractivity (Wildman–Crippen MR) is 89.9 cm³/mol. The van der Waals surface area contributed by atoms with Crippen molar-refractivity contribution < 1.29 is 24.9 Å². The van der Waals surface area contributed by atoms with E-state index in [1.165, 1.54) is 29.0 Å². The van der Waals surface area contributed by atoms with E-state index >= 15 is 0 Å². The van der Waals surface area contributed by atoms with Gasteiger partial charge in [0.25, 0.3) is 0 Å². The highest BCUT2D eigenvalue weighted by Gasteiger charge is 2.44. The lowest BCUT2D eigenvalue weighted by atomic mass is 10.1. The summed E-state index contributed by atoms with van der Waals surface area (Å²) < 4.78 is 7.31. The van der Waals surface area contributed by atoms with Gasteiger partial charge in [-0.1, -0.05) is 0 Å². The summed E-state index contributed by atoms with van der Waals surface area (Å²) in [7, 11) is 0. The van der Waals surface area contributed by atoms with Crippen LogP contribution in [0.2, 0.25) is 0 Å². The number of rotatable bonds is 7. The Morgan fingerprint density at radius 3 is 2.88 bits per heavy atom. The third-order valence-corrected chi connectivity index (χ3v) is 5.10. The third-order valence-electron chi connectivity index (χ3n) is 3.96. The number of fused-ring (bicyclic) bond motifs is 1. The van der Waals surface area contributed by atoms with Crippen LogP contribution < -0.4 is 5.73 Å². The van der Waals surface area contributed by atoms with Gasteiger partial charge in [0.05, 0.1) is 12.4 Å². The zero-order chi connectivity index (χ0) is 18.0. The van der Waals surface area contributed by atoms with Crippen LogP contribution in [-0.2, 0) is 9.53 Å². The summed E-state index contributed by atoms with van der Waals surface area (Å²) >= 11 is 1.47. The highest BCUT2D eigenvalue weighted by molar-refractivity contribution is 7.99. The molecule has 0 spiro atoms. The van der Waals surface area contributed by atoms with E-state index in [2.05, 4.69) is 15.0 Å². The number of aromatic nitrogens is 4. The van der Waals surface area contributed by atoms with Crippen molar-refractivity contribution >= 4 is 34.7 Å². The molecule has 2 aromatic heterocycles. The normalized spacial score (nSPS) is 26.3. The average molecular weight is 369 g/mol. The standard InChI is InChI=1S/C14H19N5O5S/c15-12-9-13(17-5-16-12)19(6-18-9)14-11(23)10(22)7(24-14)4-25-3-1-2-8(20)21/h5-7,10-11,14,22-23H,1-4H2,(H,20,21)(H2,15,16,17)/t7-,10-,11-,14-/m1/s1. The zero-order valence-electron chi connectivity index (χ0n) is 13.2. The first kappa shape index (κ1) is 17.9. The van der Waals surface area contributed by atoms with E-state index in [1.807, 2.05) is 0 Å². The van der Waals surface area contributed by atoms with Crippen LogP contribution in [0.25, 0.3) is 11.2 Å². The van der Waals surface area contributed by atoms with Crippen LogP contribution in [0.1, 0.15) is 19.1 Å². The first-order valence-electron chi connectivity index (χ1n) is 7.73. The second-order valence-corrected chi connectivity index (χ2v) is 6.85. The number of anilines is 1. The molecule has 1 fully saturated rings. The number of nitrogens with two attached hydrogens (primary N) is 1. The number of aliphatic carboxylic acids is 1. The van der Waals surface area contributed by atoms with Crippen molar-refractivity contribution in [3.8, 4) is 0 Å². The van der Waals surface area contributed by atoms with Gasteiger partial charge in [-0.15, -0.1) is 0 Å². The minimum atomic E-state index is -1.14. The van der Waals surface area contributed by atoms with E-state index in [-0.39, 0.29) is 12.2 Å². The molecule has 3 heterocycles. The molecule has 10 nitrogen and oxygen atoms in total. The van der Waals surface area contributed by atoms with E-state index < -0.39 is 30.5 Å². The third kappa shape index (κ3) is 3.68. The Morgan fingerprint density at radius 1 is 1.32 bits per heavy atom. The molecular weight excluding hydrogens is 350 g/mol. The van der Waals surface area contributed by atoms with Crippen molar-refractivity contribution in [2.45, 2.75) is 37.4 Å². The molecule has 0 aliphatic carbocycles. The molecule has 3 rings (SSSR count). The molecule has 0 bridgehead atoms. The maximum Gasteiger partial charge on any atom is 0.303 e. The fourth-order valence-corrected chi connectivity index (χ4v) is 3.70. The Morgan fingerprint density at radius 2 is 2.12 bits per heavy atom. The summed E-state index contributed by atoms with van der Waals surface area (Å²) in [6.07, 6.45) is -0.231. The van der Waals surface area contributed by atoms with E-state index in [0.717, 1.165) is 0 Å². The quantitative estimate of drug-likeness (QED) is 0.474. The van der Waals surface area contributed by atoms with Gasteiger partial charge in [-0.05, 0) is 12.2 Å². The number of nitrogens with zero attached hydrogens (tertiary/aromatic N) is 4. The molecule has 1 saturated heterocycles.